The average Bonchev–Trinajstić information content (AvgIpc) is 2.30. The topological polar surface area (TPSA) is 46.5 Å². The summed E-state index contributed by atoms with van der Waals surface area (Å²) in [6.07, 6.45) is 0. The Balaban J connectivity index is 2.25. The van der Waals surface area contributed by atoms with Gasteiger partial charge in [0.2, 0.25) is 0 Å². The molecular weight excluding hydrogens is 235 g/mol. The summed E-state index contributed by atoms with van der Waals surface area (Å²) in [6.45, 7) is 1.92. The lowest BCUT2D eigenvalue weighted by Gasteiger charge is -2.13. The third kappa shape index (κ3) is 2.96. The minimum Gasteiger partial charge on any atom is -0.421 e. The molecule has 0 heterocycles. The van der Waals surface area contributed by atoms with Crippen molar-refractivity contribution in [1.82, 2.24) is 0 Å². The predicted octanol–water partition coefficient (Wildman–Crippen LogP) is 2.88. The van der Waals surface area contributed by atoms with Gasteiger partial charge < -0.3 is 9.42 Å². The lowest BCUT2D eigenvalue weighted by Crippen LogP contribution is -2.08. The quantitative estimate of drug-likeness (QED) is 0.849. The molecule has 1 unspecified atom stereocenters. The smallest absolute Gasteiger partial charge is 0.408 e. The van der Waals surface area contributed by atoms with Crippen LogP contribution in [0.4, 0.5) is 0 Å². The molecule has 0 aromatic heterocycles. The second kappa shape index (κ2) is 4.74. The molecule has 1 N–H and O–H groups in total. The Labute approximate surface area is 100 Å². The Morgan fingerprint density at radius 1 is 1.00 bits per heavy atom. The Hall–Kier alpha value is -1.57. The van der Waals surface area contributed by atoms with Gasteiger partial charge in [0.15, 0.2) is 0 Å². The van der Waals surface area contributed by atoms with E-state index in [2.05, 4.69) is 0 Å². The summed E-state index contributed by atoms with van der Waals surface area (Å²) >= 11 is 0. The molecule has 0 aliphatic heterocycles. The van der Waals surface area contributed by atoms with Crippen LogP contribution in [0.15, 0.2) is 54.6 Å². The zero-order valence-electron chi connectivity index (χ0n) is 9.41. The van der Waals surface area contributed by atoms with E-state index in [0.29, 0.717) is 11.1 Å². The molecule has 0 aliphatic rings. The minimum atomic E-state index is -3.79. The van der Waals surface area contributed by atoms with E-state index in [1.54, 1.807) is 48.5 Å². The number of aryl methyl sites for hydroxylation is 1. The highest BCUT2D eigenvalue weighted by atomic mass is 31.2. The second-order valence-corrected chi connectivity index (χ2v) is 5.50. The van der Waals surface area contributed by atoms with Crippen LogP contribution in [-0.2, 0) is 4.57 Å². The van der Waals surface area contributed by atoms with Gasteiger partial charge in [0.05, 0.1) is 5.30 Å². The van der Waals surface area contributed by atoms with Gasteiger partial charge in [0.1, 0.15) is 5.75 Å². The van der Waals surface area contributed by atoms with E-state index in [1.165, 1.54) is 0 Å². The van der Waals surface area contributed by atoms with E-state index in [9.17, 15) is 9.46 Å². The first-order valence-electron chi connectivity index (χ1n) is 5.22. The van der Waals surface area contributed by atoms with Gasteiger partial charge in [-0.2, -0.15) is 0 Å². The monoisotopic (exact) mass is 248 g/mol. The average molecular weight is 248 g/mol. The van der Waals surface area contributed by atoms with Gasteiger partial charge in [-0.1, -0.05) is 35.9 Å². The summed E-state index contributed by atoms with van der Waals surface area (Å²) in [6, 6.07) is 15.4. The van der Waals surface area contributed by atoms with Gasteiger partial charge >= 0.3 is 7.60 Å². The fraction of sp³-hybridized carbons (Fsp3) is 0.0769. The van der Waals surface area contributed by atoms with Crippen molar-refractivity contribution in [3.8, 4) is 5.75 Å². The van der Waals surface area contributed by atoms with Crippen LogP contribution in [0.1, 0.15) is 5.56 Å². The molecule has 0 fully saturated rings. The van der Waals surface area contributed by atoms with Crippen LogP contribution in [0.2, 0.25) is 0 Å². The summed E-state index contributed by atoms with van der Waals surface area (Å²) in [4.78, 5) is 9.86. The maximum absolute atomic E-state index is 12.0. The van der Waals surface area contributed by atoms with Crippen LogP contribution in [-0.4, -0.2) is 4.89 Å². The molecule has 0 aliphatic carbocycles. The van der Waals surface area contributed by atoms with Crippen molar-refractivity contribution >= 4 is 12.9 Å². The molecule has 2 aromatic carbocycles. The molecular formula is C13H13O3P. The van der Waals surface area contributed by atoms with E-state index < -0.39 is 7.60 Å². The number of para-hydroxylation sites is 1. The number of benzene rings is 2. The molecule has 88 valence electrons. The van der Waals surface area contributed by atoms with E-state index in [0.717, 1.165) is 5.56 Å². The minimum absolute atomic E-state index is 0.298. The van der Waals surface area contributed by atoms with Crippen LogP contribution in [0.3, 0.4) is 0 Å². The van der Waals surface area contributed by atoms with Gasteiger partial charge in [-0.25, -0.2) is 4.57 Å². The lowest BCUT2D eigenvalue weighted by molar-refractivity contribution is 0.393. The van der Waals surface area contributed by atoms with Gasteiger partial charge in [-0.15, -0.1) is 0 Å². The number of hydrogen-bond acceptors (Lipinski definition) is 2. The molecule has 4 heteroatoms. The SMILES string of the molecule is Cc1ccc(P(=O)(O)Oc2ccccc2)cc1. The van der Waals surface area contributed by atoms with E-state index in [1.807, 2.05) is 13.0 Å². The molecule has 3 nitrogen and oxygen atoms in total. The number of hydrogen-bond donors (Lipinski definition) is 1. The summed E-state index contributed by atoms with van der Waals surface area (Å²) < 4.78 is 17.2. The van der Waals surface area contributed by atoms with Crippen LogP contribution in [0, 0.1) is 6.92 Å². The summed E-state index contributed by atoms with van der Waals surface area (Å²) in [7, 11) is -3.79. The fourth-order valence-electron chi connectivity index (χ4n) is 1.41. The maximum Gasteiger partial charge on any atom is 0.408 e. The highest BCUT2D eigenvalue weighted by Gasteiger charge is 2.23. The Morgan fingerprint density at radius 3 is 2.18 bits per heavy atom. The van der Waals surface area contributed by atoms with Crippen LogP contribution < -0.4 is 9.83 Å². The second-order valence-electron chi connectivity index (χ2n) is 3.76. The zero-order chi connectivity index (χ0) is 12.3. The van der Waals surface area contributed by atoms with Crippen molar-refractivity contribution < 1.29 is 14.0 Å². The predicted molar refractivity (Wildman–Crippen MR) is 67.7 cm³/mol. The molecule has 0 bridgehead atoms. The summed E-state index contributed by atoms with van der Waals surface area (Å²) in [5, 5.41) is 0.298. The van der Waals surface area contributed by atoms with Crippen molar-refractivity contribution in [1.29, 1.82) is 0 Å². The maximum atomic E-state index is 12.0. The Bertz CT molecular complexity index is 534. The molecule has 0 saturated carbocycles. The van der Waals surface area contributed by atoms with Gasteiger partial charge in [-0.05, 0) is 31.2 Å². The summed E-state index contributed by atoms with van der Waals surface area (Å²) in [5.74, 6) is 0.388. The molecule has 0 amide bonds. The van der Waals surface area contributed by atoms with Crippen LogP contribution in [0.5, 0.6) is 5.75 Å². The van der Waals surface area contributed by atoms with Gasteiger partial charge in [-0.3, -0.25) is 0 Å². The number of rotatable bonds is 3. The third-order valence-electron chi connectivity index (χ3n) is 2.33. The molecule has 0 saturated heterocycles. The Morgan fingerprint density at radius 2 is 1.59 bits per heavy atom. The fourth-order valence-corrected chi connectivity index (χ4v) is 2.45. The first kappa shape index (κ1) is 11.9. The van der Waals surface area contributed by atoms with Gasteiger partial charge in [0.25, 0.3) is 0 Å². The standard InChI is InChI=1S/C13H13O3P/c1-11-7-9-13(10-8-11)17(14,15)16-12-5-3-2-4-6-12/h2-10H,1H3,(H,14,15). The third-order valence-corrected chi connectivity index (χ3v) is 3.74. The summed E-state index contributed by atoms with van der Waals surface area (Å²) in [5.41, 5.74) is 1.04. The molecule has 2 rings (SSSR count). The highest BCUT2D eigenvalue weighted by Crippen LogP contribution is 2.41. The zero-order valence-corrected chi connectivity index (χ0v) is 10.3. The van der Waals surface area contributed by atoms with E-state index in [-0.39, 0.29) is 0 Å². The lowest BCUT2D eigenvalue weighted by atomic mass is 10.2. The van der Waals surface area contributed by atoms with Crippen molar-refractivity contribution in [2.75, 3.05) is 0 Å². The molecule has 1 atom stereocenters. The van der Waals surface area contributed by atoms with Crippen LogP contribution in [0.25, 0.3) is 0 Å². The van der Waals surface area contributed by atoms with E-state index >= 15 is 0 Å². The molecule has 0 spiro atoms. The normalized spacial score (nSPS) is 14.0. The molecule has 2 aromatic rings. The van der Waals surface area contributed by atoms with Gasteiger partial charge in [0, 0.05) is 0 Å². The Kier molecular flexibility index (Phi) is 3.32. The molecule has 17 heavy (non-hydrogen) atoms. The first-order chi connectivity index (χ1) is 8.08. The van der Waals surface area contributed by atoms with E-state index in [4.69, 9.17) is 4.52 Å². The van der Waals surface area contributed by atoms with Crippen molar-refractivity contribution in [3.05, 3.63) is 60.2 Å². The van der Waals surface area contributed by atoms with Crippen molar-refractivity contribution in [2.24, 2.45) is 0 Å². The highest BCUT2D eigenvalue weighted by molar-refractivity contribution is 7.61. The first-order valence-corrected chi connectivity index (χ1v) is 6.80. The van der Waals surface area contributed by atoms with Crippen molar-refractivity contribution in [2.45, 2.75) is 6.92 Å². The van der Waals surface area contributed by atoms with Crippen LogP contribution >= 0.6 is 7.60 Å². The largest absolute Gasteiger partial charge is 0.421 e. The molecule has 0 radical (unpaired) electrons. The van der Waals surface area contributed by atoms with Crippen molar-refractivity contribution in [3.63, 3.8) is 0 Å².